The van der Waals surface area contributed by atoms with Crippen LogP contribution >= 0.6 is 23.2 Å². The van der Waals surface area contributed by atoms with Crippen LogP contribution in [0.5, 0.6) is 5.75 Å². The first-order valence-corrected chi connectivity index (χ1v) is 4.70. The van der Waals surface area contributed by atoms with Crippen molar-refractivity contribution in [3.63, 3.8) is 0 Å². The first kappa shape index (κ1) is 12.5. The van der Waals surface area contributed by atoms with Gasteiger partial charge in [0.2, 0.25) is 0 Å². The number of aliphatic hydroxyl groups excluding tert-OH is 1. The van der Waals surface area contributed by atoms with Crippen molar-refractivity contribution in [1.82, 2.24) is 0 Å². The van der Waals surface area contributed by atoms with Crippen molar-refractivity contribution in [2.75, 3.05) is 13.7 Å². The maximum atomic E-state index is 13.1. The van der Waals surface area contributed by atoms with E-state index in [1.54, 1.807) is 0 Å². The first-order valence-electron chi connectivity index (χ1n) is 3.95. The summed E-state index contributed by atoms with van der Waals surface area (Å²) in [4.78, 5) is 0. The lowest BCUT2D eigenvalue weighted by molar-refractivity contribution is -0.0555. The third kappa shape index (κ3) is 2.33. The summed E-state index contributed by atoms with van der Waals surface area (Å²) in [6.45, 7) is -1.32. The molecule has 0 aliphatic heterocycles. The smallest absolute Gasteiger partial charge is 0.297 e. The molecule has 0 amide bonds. The van der Waals surface area contributed by atoms with Crippen LogP contribution in [0, 0.1) is 0 Å². The molecule has 0 radical (unpaired) electrons. The minimum atomic E-state index is -3.41. The lowest BCUT2D eigenvalue weighted by Gasteiger charge is -2.16. The van der Waals surface area contributed by atoms with E-state index in [-0.39, 0.29) is 15.8 Å². The Morgan fingerprint density at radius 2 is 1.93 bits per heavy atom. The molecule has 1 N–H and O–H groups in total. The predicted octanol–water partition coefficient (Wildman–Crippen LogP) is 3.09. The van der Waals surface area contributed by atoms with Crippen molar-refractivity contribution in [3.8, 4) is 5.75 Å². The Morgan fingerprint density at radius 3 is 2.40 bits per heavy atom. The van der Waals surface area contributed by atoms with E-state index in [2.05, 4.69) is 0 Å². The second-order valence-corrected chi connectivity index (χ2v) is 3.56. The zero-order valence-electron chi connectivity index (χ0n) is 7.73. The van der Waals surface area contributed by atoms with Crippen LogP contribution in [-0.4, -0.2) is 18.8 Å². The molecule has 0 atom stereocenters. The Labute approximate surface area is 95.4 Å². The highest BCUT2D eigenvalue weighted by molar-refractivity contribution is 6.43. The predicted molar refractivity (Wildman–Crippen MR) is 54.0 cm³/mol. The number of rotatable bonds is 3. The molecule has 1 aromatic carbocycles. The molecule has 0 heterocycles. The molecule has 0 fully saturated rings. The maximum Gasteiger partial charge on any atom is 0.297 e. The second-order valence-electron chi connectivity index (χ2n) is 2.81. The van der Waals surface area contributed by atoms with Gasteiger partial charge < -0.3 is 9.84 Å². The van der Waals surface area contributed by atoms with Crippen LogP contribution in [0.3, 0.4) is 0 Å². The van der Waals surface area contributed by atoms with Crippen LogP contribution in [0.2, 0.25) is 10.0 Å². The summed E-state index contributed by atoms with van der Waals surface area (Å²) in [5, 5.41) is 8.10. The van der Waals surface area contributed by atoms with Gasteiger partial charge in [0.25, 0.3) is 5.92 Å². The standard InChI is InChI=1S/C9H8Cl2F2O2/c1-15-6-3-2-5(7(10)8(6)11)9(12,13)4-14/h2-3,14H,4H2,1H3. The Kier molecular flexibility index (Phi) is 3.76. The van der Waals surface area contributed by atoms with E-state index in [9.17, 15) is 8.78 Å². The molecule has 84 valence electrons. The quantitative estimate of drug-likeness (QED) is 0.901. The largest absolute Gasteiger partial charge is 0.495 e. The highest BCUT2D eigenvalue weighted by Gasteiger charge is 2.34. The molecule has 0 saturated heterocycles. The zero-order valence-corrected chi connectivity index (χ0v) is 9.24. The van der Waals surface area contributed by atoms with E-state index in [1.807, 2.05) is 0 Å². The topological polar surface area (TPSA) is 29.5 Å². The molecule has 6 heteroatoms. The molecule has 1 rings (SSSR count). The number of alkyl halides is 2. The van der Waals surface area contributed by atoms with Crippen LogP contribution in [0.4, 0.5) is 8.78 Å². The number of ether oxygens (including phenoxy) is 1. The average molecular weight is 257 g/mol. The number of hydrogen-bond acceptors (Lipinski definition) is 2. The molecule has 0 unspecified atom stereocenters. The molecule has 1 aromatic rings. The van der Waals surface area contributed by atoms with Gasteiger partial charge in [-0.1, -0.05) is 23.2 Å². The number of aliphatic hydroxyl groups is 1. The van der Waals surface area contributed by atoms with E-state index in [0.29, 0.717) is 0 Å². The molecule has 0 aliphatic carbocycles. The fraction of sp³-hybridized carbons (Fsp3) is 0.333. The number of methoxy groups -OCH3 is 1. The Morgan fingerprint density at radius 1 is 1.33 bits per heavy atom. The Balaban J connectivity index is 3.29. The minimum absolute atomic E-state index is 0.0928. The van der Waals surface area contributed by atoms with Gasteiger partial charge in [0.1, 0.15) is 17.4 Å². The molecule has 0 aromatic heterocycles. The average Bonchev–Trinajstić information content (AvgIpc) is 2.21. The maximum absolute atomic E-state index is 13.1. The Hall–Kier alpha value is -0.580. The monoisotopic (exact) mass is 256 g/mol. The fourth-order valence-electron chi connectivity index (χ4n) is 1.06. The van der Waals surface area contributed by atoms with E-state index in [1.165, 1.54) is 13.2 Å². The molecule has 0 saturated carbocycles. The van der Waals surface area contributed by atoms with E-state index in [0.717, 1.165) is 6.07 Å². The van der Waals surface area contributed by atoms with Crippen molar-refractivity contribution < 1.29 is 18.6 Å². The molecule has 0 spiro atoms. The van der Waals surface area contributed by atoms with Crippen molar-refractivity contribution >= 4 is 23.2 Å². The van der Waals surface area contributed by atoms with Crippen molar-refractivity contribution in [3.05, 3.63) is 27.7 Å². The van der Waals surface area contributed by atoms with Gasteiger partial charge in [0.15, 0.2) is 0 Å². The lowest BCUT2D eigenvalue weighted by atomic mass is 10.1. The number of halogens is 4. The van der Waals surface area contributed by atoms with Gasteiger partial charge in [-0.05, 0) is 12.1 Å². The second kappa shape index (κ2) is 4.51. The van der Waals surface area contributed by atoms with Gasteiger partial charge in [0, 0.05) is 5.56 Å². The molecule has 2 nitrogen and oxygen atoms in total. The number of benzene rings is 1. The number of hydrogen-bond donors (Lipinski definition) is 1. The van der Waals surface area contributed by atoms with E-state index in [4.69, 9.17) is 33.0 Å². The van der Waals surface area contributed by atoms with Gasteiger partial charge in [-0.25, -0.2) is 0 Å². The zero-order chi connectivity index (χ0) is 11.6. The van der Waals surface area contributed by atoms with Crippen LogP contribution in [-0.2, 0) is 5.92 Å². The SMILES string of the molecule is COc1ccc(C(F)(F)CO)c(Cl)c1Cl. The summed E-state index contributed by atoms with van der Waals surface area (Å²) in [5.74, 6) is -3.20. The first-order chi connectivity index (χ1) is 6.94. The van der Waals surface area contributed by atoms with Gasteiger partial charge >= 0.3 is 0 Å². The molecule has 0 bridgehead atoms. The molecular formula is C9H8Cl2F2O2. The van der Waals surface area contributed by atoms with Gasteiger partial charge in [-0.2, -0.15) is 8.78 Å². The van der Waals surface area contributed by atoms with Gasteiger partial charge in [0.05, 0.1) is 12.1 Å². The van der Waals surface area contributed by atoms with Crippen LogP contribution in [0.15, 0.2) is 12.1 Å². The summed E-state index contributed by atoms with van der Waals surface area (Å²) in [6.07, 6.45) is 0. The third-order valence-corrected chi connectivity index (χ3v) is 2.72. The Bertz CT molecular complexity index is 369. The minimum Gasteiger partial charge on any atom is -0.495 e. The third-order valence-electron chi connectivity index (χ3n) is 1.86. The normalized spacial score (nSPS) is 11.6. The van der Waals surface area contributed by atoms with Crippen LogP contribution < -0.4 is 4.74 Å². The summed E-state index contributed by atoms with van der Waals surface area (Å²) in [7, 11) is 1.35. The summed E-state index contributed by atoms with van der Waals surface area (Å²) < 4.78 is 31.1. The van der Waals surface area contributed by atoms with Crippen molar-refractivity contribution in [2.45, 2.75) is 5.92 Å². The van der Waals surface area contributed by atoms with Gasteiger partial charge in [-0.3, -0.25) is 0 Å². The van der Waals surface area contributed by atoms with Crippen LogP contribution in [0.25, 0.3) is 0 Å². The fourth-order valence-corrected chi connectivity index (χ4v) is 1.59. The summed E-state index contributed by atoms with van der Waals surface area (Å²) in [6, 6.07) is 2.34. The van der Waals surface area contributed by atoms with Crippen LogP contribution in [0.1, 0.15) is 5.56 Å². The van der Waals surface area contributed by atoms with Crippen molar-refractivity contribution in [1.29, 1.82) is 0 Å². The van der Waals surface area contributed by atoms with Crippen molar-refractivity contribution in [2.24, 2.45) is 0 Å². The van der Waals surface area contributed by atoms with Gasteiger partial charge in [-0.15, -0.1) is 0 Å². The summed E-state index contributed by atoms with van der Waals surface area (Å²) in [5.41, 5.74) is -0.516. The highest BCUT2D eigenvalue weighted by Crippen LogP contribution is 2.41. The lowest BCUT2D eigenvalue weighted by Crippen LogP contribution is -2.19. The molecule has 0 aliphatic rings. The summed E-state index contributed by atoms with van der Waals surface area (Å²) >= 11 is 11.3. The highest BCUT2D eigenvalue weighted by atomic mass is 35.5. The molecule has 15 heavy (non-hydrogen) atoms. The van der Waals surface area contributed by atoms with E-state index >= 15 is 0 Å². The van der Waals surface area contributed by atoms with E-state index < -0.39 is 18.1 Å². The molecular weight excluding hydrogens is 249 g/mol.